The summed E-state index contributed by atoms with van der Waals surface area (Å²) in [5.74, 6) is -0.543. The van der Waals surface area contributed by atoms with Crippen LogP contribution >= 0.6 is 0 Å². The van der Waals surface area contributed by atoms with Crippen LogP contribution in [0.15, 0.2) is 52.3 Å². The summed E-state index contributed by atoms with van der Waals surface area (Å²) in [5.41, 5.74) is 1.35. The molecule has 24 heavy (non-hydrogen) atoms. The zero-order chi connectivity index (χ0) is 17.6. The fraction of sp³-hybridized carbons (Fsp3) is 0.412. The zero-order valence-corrected chi connectivity index (χ0v) is 13.9. The predicted molar refractivity (Wildman–Crippen MR) is 87.3 cm³/mol. The molecule has 0 bridgehead atoms. The lowest BCUT2D eigenvalue weighted by Crippen LogP contribution is -2.06. The van der Waals surface area contributed by atoms with Crippen molar-refractivity contribution in [3.63, 3.8) is 0 Å². The first-order valence-electron chi connectivity index (χ1n) is 7.67. The molecule has 1 aromatic carbocycles. The normalized spacial score (nSPS) is 11.5. The second-order valence-corrected chi connectivity index (χ2v) is 4.74. The van der Waals surface area contributed by atoms with Crippen LogP contribution in [0.3, 0.4) is 0 Å². The van der Waals surface area contributed by atoms with E-state index in [2.05, 4.69) is 15.0 Å². The highest BCUT2D eigenvalue weighted by Gasteiger charge is 2.01. The summed E-state index contributed by atoms with van der Waals surface area (Å²) in [5, 5.41) is 6.84. The predicted octanol–water partition coefficient (Wildman–Crippen LogP) is 3.65. The Bertz CT molecular complexity index is 570. The van der Waals surface area contributed by atoms with Crippen molar-refractivity contribution in [3.8, 4) is 0 Å². The molecular weight excluding hydrogens is 312 g/mol. The largest absolute Gasteiger partial charge is 0.462 e. The molecule has 7 nitrogen and oxygen atoms in total. The number of benzene rings is 1. The molecule has 0 N–H and O–H groups in total. The van der Waals surface area contributed by atoms with Crippen LogP contribution in [-0.2, 0) is 25.6 Å². The van der Waals surface area contributed by atoms with E-state index in [9.17, 15) is 9.59 Å². The minimum atomic E-state index is -0.797. The summed E-state index contributed by atoms with van der Waals surface area (Å²) >= 11 is 0. The van der Waals surface area contributed by atoms with Gasteiger partial charge in [-0.3, -0.25) is 0 Å². The first-order chi connectivity index (χ1) is 11.6. The molecule has 0 radical (unpaired) electrons. The van der Waals surface area contributed by atoms with Gasteiger partial charge in [-0.25, -0.2) is 9.59 Å². The molecule has 1 aromatic rings. The molecule has 1 amide bonds. The van der Waals surface area contributed by atoms with Gasteiger partial charge in [0.15, 0.2) is 0 Å². The van der Waals surface area contributed by atoms with Crippen LogP contribution in [0.4, 0.5) is 4.79 Å². The third-order valence-corrected chi connectivity index (χ3v) is 2.67. The van der Waals surface area contributed by atoms with Crippen molar-refractivity contribution in [2.45, 2.75) is 26.9 Å². The van der Waals surface area contributed by atoms with Crippen molar-refractivity contribution in [2.75, 3.05) is 19.8 Å². The molecule has 0 heterocycles. The third kappa shape index (κ3) is 9.47. The number of carbonyl (C=O) groups is 2. The maximum Gasteiger partial charge on any atom is 0.452 e. The molecule has 0 aliphatic carbocycles. The van der Waals surface area contributed by atoms with Gasteiger partial charge in [0.25, 0.3) is 0 Å². The van der Waals surface area contributed by atoms with Crippen molar-refractivity contribution < 1.29 is 23.8 Å². The second-order valence-electron chi connectivity index (χ2n) is 4.74. The molecule has 0 aromatic heterocycles. The monoisotopic (exact) mass is 334 g/mol. The van der Waals surface area contributed by atoms with Crippen LogP contribution in [-0.4, -0.2) is 31.9 Å². The highest BCUT2D eigenvalue weighted by atomic mass is 16.5. The number of esters is 1. The summed E-state index contributed by atoms with van der Waals surface area (Å²) in [6.07, 6.45) is 0.956. The average Bonchev–Trinajstić information content (AvgIpc) is 2.57. The lowest BCUT2D eigenvalue weighted by Gasteiger charge is -2.05. The average molecular weight is 334 g/mol. The SMILES string of the molecule is CCOC(=O)N=N/C(C)=C/C(=O)OCCCOCc1ccccc1. The summed E-state index contributed by atoms with van der Waals surface area (Å²) in [6.45, 7) is 4.68. The van der Waals surface area contributed by atoms with Gasteiger partial charge in [-0.05, 0) is 19.4 Å². The molecular formula is C17H22N2O5. The van der Waals surface area contributed by atoms with E-state index in [4.69, 9.17) is 9.47 Å². The van der Waals surface area contributed by atoms with E-state index >= 15 is 0 Å². The maximum absolute atomic E-state index is 11.5. The number of rotatable bonds is 9. The molecule has 0 fully saturated rings. The van der Waals surface area contributed by atoms with Gasteiger partial charge in [-0.1, -0.05) is 35.4 Å². The summed E-state index contributed by atoms with van der Waals surface area (Å²) in [4.78, 5) is 22.5. The van der Waals surface area contributed by atoms with Gasteiger partial charge in [0.1, 0.15) is 0 Å². The van der Waals surface area contributed by atoms with E-state index in [0.717, 1.165) is 11.6 Å². The smallest absolute Gasteiger partial charge is 0.452 e. The maximum atomic E-state index is 11.5. The molecule has 130 valence electrons. The van der Waals surface area contributed by atoms with Gasteiger partial charge in [0, 0.05) is 12.5 Å². The molecule has 0 atom stereocenters. The molecule has 0 spiro atoms. The first-order valence-corrected chi connectivity index (χ1v) is 7.67. The Labute approximate surface area is 141 Å². The van der Waals surface area contributed by atoms with Gasteiger partial charge in [-0.2, -0.15) is 0 Å². The van der Waals surface area contributed by atoms with E-state index in [1.807, 2.05) is 30.3 Å². The highest BCUT2D eigenvalue weighted by molar-refractivity contribution is 5.82. The van der Waals surface area contributed by atoms with Crippen molar-refractivity contribution >= 4 is 12.1 Å². The van der Waals surface area contributed by atoms with Gasteiger partial charge < -0.3 is 14.2 Å². The van der Waals surface area contributed by atoms with E-state index in [0.29, 0.717) is 19.6 Å². The van der Waals surface area contributed by atoms with Gasteiger partial charge in [-0.15, -0.1) is 5.11 Å². The van der Waals surface area contributed by atoms with E-state index in [-0.39, 0.29) is 18.9 Å². The number of amides is 1. The van der Waals surface area contributed by atoms with Crippen molar-refractivity contribution in [2.24, 2.45) is 10.2 Å². The topological polar surface area (TPSA) is 86.6 Å². The Balaban J connectivity index is 2.14. The van der Waals surface area contributed by atoms with Crippen molar-refractivity contribution in [1.82, 2.24) is 0 Å². The number of nitrogens with zero attached hydrogens (tertiary/aromatic N) is 2. The molecule has 1 rings (SSSR count). The lowest BCUT2D eigenvalue weighted by molar-refractivity contribution is -0.138. The van der Waals surface area contributed by atoms with Gasteiger partial charge in [0.05, 0.1) is 32.1 Å². The Morgan fingerprint density at radius 2 is 1.83 bits per heavy atom. The standard InChI is InChI=1S/C17H22N2O5/c1-3-23-17(21)19-18-14(2)12-16(20)24-11-7-10-22-13-15-8-5-4-6-9-15/h4-6,8-9,12H,3,7,10-11,13H2,1-2H3/b14-12+,19-18?. The number of carbonyl (C=O) groups excluding carboxylic acids is 2. The number of azo groups is 1. The van der Waals surface area contributed by atoms with E-state index in [1.165, 1.54) is 6.92 Å². The van der Waals surface area contributed by atoms with Crippen molar-refractivity contribution in [3.05, 3.63) is 47.7 Å². The fourth-order valence-electron chi connectivity index (χ4n) is 1.61. The fourth-order valence-corrected chi connectivity index (χ4v) is 1.61. The summed E-state index contributed by atoms with van der Waals surface area (Å²) in [7, 11) is 0. The van der Waals surface area contributed by atoms with Crippen LogP contribution in [0.2, 0.25) is 0 Å². The number of allylic oxidation sites excluding steroid dienone is 1. The molecule has 0 saturated carbocycles. The van der Waals surface area contributed by atoms with E-state index < -0.39 is 12.1 Å². The van der Waals surface area contributed by atoms with Crippen LogP contribution < -0.4 is 0 Å². The Kier molecular flexibility index (Phi) is 9.72. The second kappa shape index (κ2) is 12.0. The number of hydrogen-bond acceptors (Lipinski definition) is 6. The van der Waals surface area contributed by atoms with Crippen LogP contribution in [0.25, 0.3) is 0 Å². The zero-order valence-electron chi connectivity index (χ0n) is 13.9. The van der Waals surface area contributed by atoms with Crippen molar-refractivity contribution in [1.29, 1.82) is 0 Å². The van der Waals surface area contributed by atoms with Crippen LogP contribution in [0.5, 0.6) is 0 Å². The minimum Gasteiger partial charge on any atom is -0.462 e. The molecule has 7 heteroatoms. The third-order valence-electron chi connectivity index (χ3n) is 2.67. The number of hydrogen-bond donors (Lipinski definition) is 0. The molecule has 0 saturated heterocycles. The van der Waals surface area contributed by atoms with Gasteiger partial charge >= 0.3 is 12.1 Å². The van der Waals surface area contributed by atoms with E-state index in [1.54, 1.807) is 6.92 Å². The molecule has 0 aliphatic rings. The summed E-state index contributed by atoms with van der Waals surface area (Å²) < 4.78 is 15.1. The van der Waals surface area contributed by atoms with Crippen LogP contribution in [0, 0.1) is 0 Å². The summed E-state index contributed by atoms with van der Waals surface area (Å²) in [6, 6.07) is 9.82. The Morgan fingerprint density at radius 1 is 1.08 bits per heavy atom. The Morgan fingerprint density at radius 3 is 2.54 bits per heavy atom. The van der Waals surface area contributed by atoms with Crippen LogP contribution in [0.1, 0.15) is 25.8 Å². The number of ether oxygens (including phenoxy) is 3. The quantitative estimate of drug-likeness (QED) is 0.298. The molecule has 0 unspecified atom stereocenters. The Hall–Kier alpha value is -2.54. The first kappa shape index (κ1) is 19.5. The minimum absolute atomic E-state index is 0.217. The van der Waals surface area contributed by atoms with Gasteiger partial charge in [0.2, 0.25) is 0 Å². The highest BCUT2D eigenvalue weighted by Crippen LogP contribution is 2.02. The lowest BCUT2D eigenvalue weighted by atomic mass is 10.2. The molecule has 0 aliphatic heterocycles.